The van der Waals surface area contributed by atoms with Crippen molar-refractivity contribution < 1.29 is 14.6 Å². The minimum absolute atomic E-state index is 0. The van der Waals surface area contributed by atoms with Crippen LogP contribution < -0.4 is 5.32 Å². The number of nitrogens with zero attached hydrogens (tertiary/aromatic N) is 3. The molecule has 212 valence electrons. The second-order valence-electron chi connectivity index (χ2n) is 10.3. The molecule has 1 aliphatic carbocycles. The van der Waals surface area contributed by atoms with E-state index in [1.165, 1.54) is 5.56 Å². The van der Waals surface area contributed by atoms with Crippen molar-refractivity contribution in [3.05, 3.63) is 78.2 Å². The van der Waals surface area contributed by atoms with Crippen molar-refractivity contribution in [3.8, 4) is 11.3 Å². The molecular formula is C30H40Cl2N4O3. The van der Waals surface area contributed by atoms with Crippen LogP contribution in [0.4, 0.5) is 0 Å². The van der Waals surface area contributed by atoms with Crippen LogP contribution in [-0.4, -0.2) is 70.0 Å². The van der Waals surface area contributed by atoms with Gasteiger partial charge in [-0.25, -0.2) is 4.98 Å². The maximum Gasteiger partial charge on any atom is 0.275 e. The number of nitrogens with one attached hydrogen (secondary N) is 1. The van der Waals surface area contributed by atoms with Crippen LogP contribution in [-0.2, 0) is 11.2 Å². The van der Waals surface area contributed by atoms with Crippen LogP contribution in [0.1, 0.15) is 54.7 Å². The van der Waals surface area contributed by atoms with Gasteiger partial charge in [-0.3, -0.25) is 4.79 Å². The van der Waals surface area contributed by atoms with E-state index >= 15 is 0 Å². The molecule has 3 atom stereocenters. The van der Waals surface area contributed by atoms with Crippen molar-refractivity contribution in [2.24, 2.45) is 0 Å². The number of rotatable bonds is 8. The molecule has 2 aliphatic rings. The van der Waals surface area contributed by atoms with E-state index in [-0.39, 0.29) is 49.4 Å². The first-order chi connectivity index (χ1) is 18.1. The Balaban J connectivity index is 0.00000210. The summed E-state index contributed by atoms with van der Waals surface area (Å²) in [7, 11) is 0. The average Bonchev–Trinajstić information content (AvgIpc) is 3.38. The molecule has 2 N–H and O–H groups in total. The Morgan fingerprint density at radius 2 is 1.82 bits per heavy atom. The van der Waals surface area contributed by atoms with Crippen molar-refractivity contribution in [3.63, 3.8) is 0 Å². The summed E-state index contributed by atoms with van der Waals surface area (Å²) in [5, 5.41) is 15.2. The van der Waals surface area contributed by atoms with E-state index in [1.54, 1.807) is 6.33 Å². The fourth-order valence-electron chi connectivity index (χ4n) is 5.92. The van der Waals surface area contributed by atoms with Gasteiger partial charge in [0.25, 0.3) is 5.91 Å². The molecule has 0 spiro atoms. The fourth-order valence-corrected chi connectivity index (χ4v) is 5.92. The van der Waals surface area contributed by atoms with Crippen LogP contribution >= 0.6 is 24.8 Å². The van der Waals surface area contributed by atoms with Gasteiger partial charge in [-0.2, -0.15) is 0 Å². The van der Waals surface area contributed by atoms with Gasteiger partial charge in [0.05, 0.1) is 24.7 Å². The zero-order valence-electron chi connectivity index (χ0n) is 22.5. The van der Waals surface area contributed by atoms with Crippen molar-refractivity contribution >= 4 is 30.7 Å². The van der Waals surface area contributed by atoms with E-state index in [9.17, 15) is 9.90 Å². The Bertz CT molecular complexity index is 1180. The lowest BCUT2D eigenvalue weighted by atomic mass is 9.80. The van der Waals surface area contributed by atoms with Crippen LogP contribution in [0.2, 0.25) is 0 Å². The number of carbonyl (C=O) groups excluding carboxylic acids is 1. The Hall–Kier alpha value is -2.42. The standard InChI is InChI=1S/C30H38N4O3.2ClH/c1-2-37-21-30(36)16-10-9-15-26(30)34-22-32-27(28(34)24-13-7-4-8-14-24)29(35)33-18-17-31-20-25(33)19-23-11-5-3-6-12-23;;/h3-8,11-14,22,25-26,31,36H,2,9-10,15-21H2,1H3;2*1H/t25-,26-,30-;;/m1../s1. The molecule has 39 heavy (non-hydrogen) atoms. The molecule has 9 heteroatoms. The topological polar surface area (TPSA) is 79.6 Å². The SMILES string of the molecule is CCOC[C@]1(O)CCCC[C@H]1n1cnc(C(=O)N2CCNC[C@H]2Cc2ccccc2)c1-c1ccccc1.Cl.Cl. The molecule has 1 aliphatic heterocycles. The first-order valence-corrected chi connectivity index (χ1v) is 13.6. The lowest BCUT2D eigenvalue weighted by molar-refractivity contribution is -0.0972. The van der Waals surface area contributed by atoms with Crippen LogP contribution in [0.3, 0.4) is 0 Å². The maximum atomic E-state index is 14.2. The van der Waals surface area contributed by atoms with Gasteiger partial charge in [-0.05, 0) is 31.7 Å². The van der Waals surface area contributed by atoms with Gasteiger partial charge in [0.2, 0.25) is 0 Å². The van der Waals surface area contributed by atoms with E-state index in [0.29, 0.717) is 25.3 Å². The number of hydrogen-bond donors (Lipinski definition) is 2. The van der Waals surface area contributed by atoms with Gasteiger partial charge in [-0.1, -0.05) is 73.5 Å². The Morgan fingerprint density at radius 1 is 1.10 bits per heavy atom. The zero-order valence-corrected chi connectivity index (χ0v) is 24.1. The van der Waals surface area contributed by atoms with Gasteiger partial charge in [0.1, 0.15) is 5.60 Å². The Morgan fingerprint density at radius 3 is 2.54 bits per heavy atom. The number of ether oxygens (including phenoxy) is 1. The van der Waals surface area contributed by atoms with E-state index in [4.69, 9.17) is 9.72 Å². The smallest absolute Gasteiger partial charge is 0.275 e. The molecule has 7 nitrogen and oxygen atoms in total. The molecule has 1 saturated heterocycles. The predicted molar refractivity (Wildman–Crippen MR) is 159 cm³/mol. The predicted octanol–water partition coefficient (Wildman–Crippen LogP) is 4.93. The molecule has 2 heterocycles. The second kappa shape index (κ2) is 14.3. The van der Waals surface area contributed by atoms with E-state index in [2.05, 4.69) is 22.0 Å². The number of halogens is 2. The van der Waals surface area contributed by atoms with Crippen LogP contribution in [0.15, 0.2) is 67.0 Å². The lowest BCUT2D eigenvalue weighted by Gasteiger charge is -2.41. The summed E-state index contributed by atoms with van der Waals surface area (Å²) in [5.74, 6) is -0.0517. The summed E-state index contributed by atoms with van der Waals surface area (Å²) in [6.45, 7) is 4.92. The summed E-state index contributed by atoms with van der Waals surface area (Å²) < 4.78 is 7.78. The molecule has 0 radical (unpaired) electrons. The van der Waals surface area contributed by atoms with Gasteiger partial charge < -0.3 is 24.6 Å². The number of hydrogen-bond acceptors (Lipinski definition) is 5. The van der Waals surface area contributed by atoms with Gasteiger partial charge in [-0.15, -0.1) is 24.8 Å². The van der Waals surface area contributed by atoms with Crippen LogP contribution in [0, 0.1) is 0 Å². The lowest BCUT2D eigenvalue weighted by Crippen LogP contribution is -2.54. The molecule has 1 saturated carbocycles. The molecule has 5 rings (SSSR count). The summed E-state index contributed by atoms with van der Waals surface area (Å²) >= 11 is 0. The number of amides is 1. The van der Waals surface area contributed by atoms with Crippen molar-refractivity contribution in [2.75, 3.05) is 32.8 Å². The van der Waals surface area contributed by atoms with Gasteiger partial charge in [0, 0.05) is 37.8 Å². The van der Waals surface area contributed by atoms with Crippen molar-refractivity contribution in [1.29, 1.82) is 0 Å². The Kier molecular flexibility index (Phi) is 11.4. The quantitative estimate of drug-likeness (QED) is 0.398. The number of imidazole rings is 1. The molecule has 0 bridgehead atoms. The van der Waals surface area contributed by atoms with Gasteiger partial charge in [0.15, 0.2) is 5.69 Å². The van der Waals surface area contributed by atoms with Crippen molar-refractivity contribution in [2.45, 2.75) is 56.7 Å². The molecule has 2 aromatic carbocycles. The van der Waals surface area contributed by atoms with Crippen LogP contribution in [0.25, 0.3) is 11.3 Å². The number of aromatic nitrogens is 2. The summed E-state index contributed by atoms with van der Waals surface area (Å²) in [4.78, 5) is 20.9. The van der Waals surface area contributed by atoms with Crippen molar-refractivity contribution in [1.82, 2.24) is 19.8 Å². The minimum atomic E-state index is -0.996. The number of benzene rings is 2. The molecule has 2 fully saturated rings. The third-order valence-corrected chi connectivity index (χ3v) is 7.82. The highest BCUT2D eigenvalue weighted by atomic mass is 35.5. The highest BCUT2D eigenvalue weighted by Crippen LogP contribution is 2.41. The average molecular weight is 576 g/mol. The minimum Gasteiger partial charge on any atom is -0.385 e. The summed E-state index contributed by atoms with van der Waals surface area (Å²) in [6, 6.07) is 20.2. The summed E-state index contributed by atoms with van der Waals surface area (Å²) in [6.07, 6.45) is 6.02. The van der Waals surface area contributed by atoms with E-state index < -0.39 is 5.60 Å². The second-order valence-corrected chi connectivity index (χ2v) is 10.3. The number of piperazine rings is 1. The molecule has 1 amide bonds. The monoisotopic (exact) mass is 574 g/mol. The zero-order chi connectivity index (χ0) is 25.7. The number of carbonyl (C=O) groups is 1. The van der Waals surface area contributed by atoms with Gasteiger partial charge >= 0.3 is 0 Å². The highest BCUT2D eigenvalue weighted by molar-refractivity contribution is 5.98. The Labute approximate surface area is 243 Å². The molecule has 1 aromatic heterocycles. The highest BCUT2D eigenvalue weighted by Gasteiger charge is 2.42. The fraction of sp³-hybridized carbons (Fsp3) is 0.467. The molecule has 0 unspecified atom stereocenters. The normalized spacial score (nSPS) is 23.0. The van der Waals surface area contributed by atoms with E-state index in [0.717, 1.165) is 50.0 Å². The first-order valence-electron chi connectivity index (χ1n) is 13.6. The first kappa shape index (κ1) is 31.1. The molecule has 3 aromatic rings. The third kappa shape index (κ3) is 6.84. The summed E-state index contributed by atoms with van der Waals surface area (Å²) in [5.41, 5.74) is 2.39. The maximum absolute atomic E-state index is 14.2. The van der Waals surface area contributed by atoms with E-state index in [1.807, 2.05) is 60.4 Å². The van der Waals surface area contributed by atoms with Crippen LogP contribution in [0.5, 0.6) is 0 Å². The third-order valence-electron chi connectivity index (χ3n) is 7.82. The number of aliphatic hydroxyl groups is 1. The molecular weight excluding hydrogens is 535 g/mol. The largest absolute Gasteiger partial charge is 0.385 e.